The van der Waals surface area contributed by atoms with Gasteiger partial charge >= 0.3 is 5.97 Å². The Bertz CT molecular complexity index is 517. The third kappa shape index (κ3) is 2.81. The van der Waals surface area contributed by atoms with Crippen molar-refractivity contribution in [2.45, 2.75) is 45.6 Å². The number of ether oxygens (including phenoxy) is 1. The second-order valence-corrected chi connectivity index (χ2v) is 7.72. The Labute approximate surface area is 123 Å². The number of hydrogen-bond acceptors (Lipinski definition) is 5. The first-order valence-corrected chi connectivity index (χ1v) is 7.54. The van der Waals surface area contributed by atoms with Crippen molar-refractivity contribution in [1.29, 1.82) is 0 Å². The van der Waals surface area contributed by atoms with Crippen LogP contribution >= 0.6 is 11.3 Å². The maximum atomic E-state index is 11.5. The molecule has 1 saturated heterocycles. The average Bonchev–Trinajstić information content (AvgIpc) is 2.72. The molecule has 0 bridgehead atoms. The zero-order valence-corrected chi connectivity index (χ0v) is 13.5. The zero-order chi connectivity index (χ0) is 15.1. The molecule has 1 N–H and O–H groups in total. The van der Waals surface area contributed by atoms with E-state index in [9.17, 15) is 9.90 Å². The molecule has 0 spiro atoms. The van der Waals surface area contributed by atoms with Crippen molar-refractivity contribution in [3.05, 3.63) is 10.6 Å². The zero-order valence-electron chi connectivity index (χ0n) is 12.7. The number of carboxylic acid groups (broad SMARTS) is 1. The SMILES string of the molecule is CC(C)(C)c1nc(N2CCOCC2(C)C)sc1C(=O)O. The van der Waals surface area contributed by atoms with Crippen LogP contribution in [0.3, 0.4) is 0 Å². The molecular weight excluding hydrogens is 276 g/mol. The van der Waals surface area contributed by atoms with Crippen molar-refractivity contribution < 1.29 is 14.6 Å². The highest BCUT2D eigenvalue weighted by Gasteiger charge is 2.35. The van der Waals surface area contributed by atoms with Crippen LogP contribution < -0.4 is 4.90 Å². The maximum absolute atomic E-state index is 11.5. The van der Waals surface area contributed by atoms with Crippen LogP contribution in [-0.4, -0.2) is 41.4 Å². The maximum Gasteiger partial charge on any atom is 0.347 e. The van der Waals surface area contributed by atoms with E-state index in [4.69, 9.17) is 4.74 Å². The summed E-state index contributed by atoms with van der Waals surface area (Å²) in [4.78, 5) is 18.6. The van der Waals surface area contributed by atoms with E-state index in [2.05, 4.69) is 23.7 Å². The van der Waals surface area contributed by atoms with Gasteiger partial charge in [-0.3, -0.25) is 0 Å². The monoisotopic (exact) mass is 298 g/mol. The molecule has 1 aromatic heterocycles. The van der Waals surface area contributed by atoms with E-state index in [1.807, 2.05) is 20.8 Å². The average molecular weight is 298 g/mol. The van der Waals surface area contributed by atoms with E-state index >= 15 is 0 Å². The minimum atomic E-state index is -0.898. The molecule has 0 radical (unpaired) electrons. The van der Waals surface area contributed by atoms with Gasteiger partial charge < -0.3 is 14.7 Å². The molecule has 20 heavy (non-hydrogen) atoms. The standard InChI is InChI=1S/C14H22N2O3S/c1-13(2,3)10-9(11(17)18)20-12(15-10)16-6-7-19-8-14(16,4)5/h6-8H2,1-5H3,(H,17,18). The van der Waals surface area contributed by atoms with E-state index in [0.717, 1.165) is 11.7 Å². The van der Waals surface area contributed by atoms with Crippen LogP contribution in [0.4, 0.5) is 5.13 Å². The number of aromatic nitrogens is 1. The van der Waals surface area contributed by atoms with Gasteiger partial charge in [0.25, 0.3) is 0 Å². The van der Waals surface area contributed by atoms with Gasteiger partial charge in [-0.2, -0.15) is 0 Å². The van der Waals surface area contributed by atoms with Crippen molar-refractivity contribution in [2.75, 3.05) is 24.7 Å². The van der Waals surface area contributed by atoms with Crippen molar-refractivity contribution >= 4 is 22.4 Å². The smallest absolute Gasteiger partial charge is 0.347 e. The molecule has 5 nitrogen and oxygen atoms in total. The second-order valence-electron chi connectivity index (χ2n) is 6.75. The van der Waals surface area contributed by atoms with Crippen LogP contribution in [0.1, 0.15) is 50.0 Å². The summed E-state index contributed by atoms with van der Waals surface area (Å²) >= 11 is 1.26. The van der Waals surface area contributed by atoms with Crippen LogP contribution in [-0.2, 0) is 10.2 Å². The molecule has 6 heteroatoms. The predicted octanol–water partition coefficient (Wildman–Crippen LogP) is 2.75. The molecule has 0 aromatic carbocycles. The molecule has 1 aromatic rings. The molecule has 0 unspecified atom stereocenters. The van der Waals surface area contributed by atoms with Crippen molar-refractivity contribution in [2.24, 2.45) is 0 Å². The van der Waals surface area contributed by atoms with Crippen LogP contribution in [0.25, 0.3) is 0 Å². The highest BCUT2D eigenvalue weighted by molar-refractivity contribution is 7.17. The molecule has 1 fully saturated rings. The van der Waals surface area contributed by atoms with E-state index in [1.165, 1.54) is 11.3 Å². The molecular formula is C14H22N2O3S. The predicted molar refractivity (Wildman–Crippen MR) is 80.0 cm³/mol. The summed E-state index contributed by atoms with van der Waals surface area (Å²) < 4.78 is 5.51. The number of carboxylic acids is 1. The highest BCUT2D eigenvalue weighted by Crippen LogP contribution is 2.37. The molecule has 1 aliphatic heterocycles. The Hall–Kier alpha value is -1.14. The van der Waals surface area contributed by atoms with E-state index < -0.39 is 5.97 Å². The van der Waals surface area contributed by atoms with Crippen molar-refractivity contribution in [1.82, 2.24) is 4.98 Å². The summed E-state index contributed by atoms with van der Waals surface area (Å²) in [5.74, 6) is -0.898. The number of morpholine rings is 1. The Balaban J connectivity index is 2.46. The van der Waals surface area contributed by atoms with Gasteiger partial charge in [0.15, 0.2) is 5.13 Å². The lowest BCUT2D eigenvalue weighted by Gasteiger charge is -2.42. The fraction of sp³-hybridized carbons (Fsp3) is 0.714. The number of rotatable bonds is 2. The summed E-state index contributed by atoms with van der Waals surface area (Å²) in [5.41, 5.74) is 0.215. The third-order valence-corrected chi connectivity index (χ3v) is 4.46. The second kappa shape index (κ2) is 5.00. The first kappa shape index (κ1) is 15.3. The summed E-state index contributed by atoms with van der Waals surface area (Å²) in [6.07, 6.45) is 0. The first-order valence-electron chi connectivity index (χ1n) is 6.73. The lowest BCUT2D eigenvalue weighted by Crippen LogP contribution is -2.53. The number of nitrogens with zero attached hydrogens (tertiary/aromatic N) is 2. The number of hydrogen-bond donors (Lipinski definition) is 1. The number of carbonyl (C=O) groups is 1. The Kier molecular flexibility index (Phi) is 3.81. The van der Waals surface area contributed by atoms with E-state index in [1.54, 1.807) is 0 Å². The van der Waals surface area contributed by atoms with Gasteiger partial charge in [-0.05, 0) is 13.8 Å². The van der Waals surface area contributed by atoms with Crippen molar-refractivity contribution in [3.63, 3.8) is 0 Å². The topological polar surface area (TPSA) is 62.7 Å². The van der Waals surface area contributed by atoms with Gasteiger partial charge in [0.05, 0.1) is 24.4 Å². The minimum Gasteiger partial charge on any atom is -0.477 e. The van der Waals surface area contributed by atoms with Gasteiger partial charge in [-0.15, -0.1) is 0 Å². The summed E-state index contributed by atoms with van der Waals surface area (Å²) in [6.45, 7) is 12.2. The molecule has 0 atom stereocenters. The van der Waals surface area contributed by atoms with Gasteiger partial charge in [0.2, 0.25) is 0 Å². The van der Waals surface area contributed by atoms with Crippen LogP contribution in [0.2, 0.25) is 0 Å². The first-order chi connectivity index (χ1) is 9.13. The van der Waals surface area contributed by atoms with Crippen LogP contribution in [0.15, 0.2) is 0 Å². The van der Waals surface area contributed by atoms with Gasteiger partial charge in [0, 0.05) is 12.0 Å². The quantitative estimate of drug-likeness (QED) is 0.909. The largest absolute Gasteiger partial charge is 0.477 e. The van der Waals surface area contributed by atoms with E-state index in [0.29, 0.717) is 23.8 Å². The van der Waals surface area contributed by atoms with Gasteiger partial charge in [-0.25, -0.2) is 9.78 Å². The van der Waals surface area contributed by atoms with Crippen LogP contribution in [0, 0.1) is 0 Å². The Morgan fingerprint density at radius 3 is 2.55 bits per heavy atom. The fourth-order valence-corrected chi connectivity index (χ4v) is 3.59. The molecule has 0 saturated carbocycles. The molecule has 2 heterocycles. The number of anilines is 1. The Morgan fingerprint density at radius 2 is 2.10 bits per heavy atom. The van der Waals surface area contributed by atoms with Crippen LogP contribution in [0.5, 0.6) is 0 Å². The lowest BCUT2D eigenvalue weighted by atomic mass is 9.91. The molecule has 2 rings (SSSR count). The third-order valence-electron chi connectivity index (χ3n) is 3.40. The highest BCUT2D eigenvalue weighted by atomic mass is 32.1. The molecule has 0 amide bonds. The Morgan fingerprint density at radius 1 is 1.45 bits per heavy atom. The molecule has 112 valence electrons. The fourth-order valence-electron chi connectivity index (χ4n) is 2.29. The minimum absolute atomic E-state index is 0.166. The van der Waals surface area contributed by atoms with Crippen molar-refractivity contribution in [3.8, 4) is 0 Å². The lowest BCUT2D eigenvalue weighted by molar-refractivity contribution is 0.0643. The summed E-state index contributed by atoms with van der Waals surface area (Å²) in [6, 6.07) is 0. The number of aromatic carboxylic acids is 1. The summed E-state index contributed by atoms with van der Waals surface area (Å²) in [5, 5.41) is 10.2. The van der Waals surface area contributed by atoms with E-state index in [-0.39, 0.29) is 11.0 Å². The van der Waals surface area contributed by atoms with Gasteiger partial charge in [-0.1, -0.05) is 32.1 Å². The summed E-state index contributed by atoms with van der Waals surface area (Å²) in [7, 11) is 0. The molecule has 1 aliphatic rings. The number of thiazole rings is 1. The normalized spacial score (nSPS) is 19.1. The van der Waals surface area contributed by atoms with Gasteiger partial charge in [0.1, 0.15) is 4.88 Å². The molecule has 0 aliphatic carbocycles.